The third-order valence-corrected chi connectivity index (χ3v) is 5.18. The highest BCUT2D eigenvalue weighted by Gasteiger charge is 2.21. The second-order valence-electron chi connectivity index (χ2n) is 6.70. The first-order valence-corrected chi connectivity index (χ1v) is 9.09. The van der Waals surface area contributed by atoms with E-state index < -0.39 is 0 Å². The third kappa shape index (κ3) is 3.07. The normalized spacial score (nSPS) is 15.1. The molecule has 4 rings (SSSR count). The largest absolute Gasteiger partial charge is 0.378 e. The topological polar surface area (TPSA) is 53.3 Å². The van der Waals surface area contributed by atoms with E-state index >= 15 is 0 Å². The molecule has 27 heavy (non-hydrogen) atoms. The van der Waals surface area contributed by atoms with Crippen molar-refractivity contribution in [3.05, 3.63) is 65.2 Å². The summed E-state index contributed by atoms with van der Waals surface area (Å²) < 4.78 is 5.31. The van der Waals surface area contributed by atoms with Crippen molar-refractivity contribution < 1.29 is 9.53 Å². The number of hydrogen-bond donors (Lipinski definition) is 0. The van der Waals surface area contributed by atoms with Gasteiger partial charge in [0.15, 0.2) is 0 Å². The van der Waals surface area contributed by atoms with E-state index in [1.807, 2.05) is 24.3 Å². The fourth-order valence-corrected chi connectivity index (χ4v) is 3.76. The van der Waals surface area contributed by atoms with Crippen LogP contribution in [0.15, 0.2) is 54.1 Å². The van der Waals surface area contributed by atoms with Gasteiger partial charge in [-0.3, -0.25) is 4.79 Å². The summed E-state index contributed by atoms with van der Waals surface area (Å²) in [6.45, 7) is 4.18. The minimum absolute atomic E-state index is 0.163. The summed E-state index contributed by atoms with van der Waals surface area (Å²) in [4.78, 5) is 14.5. The first kappa shape index (κ1) is 17.3. The van der Waals surface area contributed by atoms with E-state index in [2.05, 4.69) is 37.3 Å². The molecule has 0 aliphatic carbocycles. The van der Waals surface area contributed by atoms with Gasteiger partial charge in [0, 0.05) is 13.1 Å². The lowest BCUT2D eigenvalue weighted by Gasteiger charge is -2.26. The van der Waals surface area contributed by atoms with Crippen LogP contribution in [0.4, 0.5) is 0 Å². The molecule has 4 nitrogen and oxygen atoms in total. The van der Waals surface area contributed by atoms with Crippen molar-refractivity contribution in [2.45, 2.75) is 6.92 Å². The van der Waals surface area contributed by atoms with Crippen molar-refractivity contribution in [2.24, 2.45) is 0 Å². The Morgan fingerprint density at radius 2 is 1.52 bits per heavy atom. The van der Waals surface area contributed by atoms with Gasteiger partial charge in [-0.1, -0.05) is 48.5 Å². The molecule has 1 heterocycles. The lowest BCUT2D eigenvalue weighted by atomic mass is 9.91. The Hall–Kier alpha value is -3.16. The molecule has 0 saturated carbocycles. The molecule has 1 saturated heterocycles. The summed E-state index contributed by atoms with van der Waals surface area (Å²) >= 11 is 0. The molecular formula is C23H20N2O2. The van der Waals surface area contributed by atoms with Gasteiger partial charge >= 0.3 is 0 Å². The maximum atomic E-state index is 12.9. The quantitative estimate of drug-likeness (QED) is 0.395. The van der Waals surface area contributed by atoms with Crippen molar-refractivity contribution >= 4 is 33.5 Å². The van der Waals surface area contributed by atoms with Crippen LogP contribution < -0.4 is 0 Å². The highest BCUT2D eigenvalue weighted by atomic mass is 16.5. The predicted octanol–water partition coefficient (Wildman–Crippen LogP) is 4.07. The number of carbonyl (C=O) groups excluding carboxylic acids is 1. The Morgan fingerprint density at radius 1 is 1.00 bits per heavy atom. The molecule has 134 valence electrons. The lowest BCUT2D eigenvalue weighted by molar-refractivity contribution is -0.130. The SMILES string of the molecule is Cc1c2ccccc2c(/C=C(/C#N)C(=O)N2CCOCC2)c2ccccc12. The molecule has 3 aromatic rings. The summed E-state index contributed by atoms with van der Waals surface area (Å²) in [5, 5.41) is 14.1. The molecule has 0 spiro atoms. The zero-order valence-electron chi connectivity index (χ0n) is 15.2. The van der Waals surface area contributed by atoms with Crippen LogP contribution in [0.25, 0.3) is 27.6 Å². The van der Waals surface area contributed by atoms with Crippen molar-refractivity contribution in [3.8, 4) is 6.07 Å². The van der Waals surface area contributed by atoms with Gasteiger partial charge in [-0.05, 0) is 45.7 Å². The number of carbonyl (C=O) groups is 1. The molecule has 0 atom stereocenters. The fraction of sp³-hybridized carbons (Fsp3) is 0.217. The summed E-state index contributed by atoms with van der Waals surface area (Å²) in [6.07, 6.45) is 1.75. The van der Waals surface area contributed by atoms with E-state index in [0.717, 1.165) is 27.1 Å². The average molecular weight is 356 g/mol. The Kier molecular flexibility index (Phi) is 4.62. The Labute approximate surface area is 158 Å². The molecule has 0 unspecified atom stereocenters. The molecule has 0 N–H and O–H groups in total. The lowest BCUT2D eigenvalue weighted by Crippen LogP contribution is -2.41. The van der Waals surface area contributed by atoms with E-state index in [1.165, 1.54) is 5.56 Å². The van der Waals surface area contributed by atoms with E-state index in [4.69, 9.17) is 4.74 Å². The van der Waals surface area contributed by atoms with Crippen LogP contribution >= 0.6 is 0 Å². The molecule has 1 amide bonds. The first-order valence-electron chi connectivity index (χ1n) is 9.09. The van der Waals surface area contributed by atoms with Crippen molar-refractivity contribution in [1.29, 1.82) is 5.26 Å². The van der Waals surface area contributed by atoms with Crippen LogP contribution in [0.3, 0.4) is 0 Å². The Morgan fingerprint density at radius 3 is 2.04 bits per heavy atom. The first-order chi connectivity index (χ1) is 13.2. The van der Waals surface area contributed by atoms with E-state index in [0.29, 0.717) is 26.3 Å². The zero-order valence-corrected chi connectivity index (χ0v) is 15.2. The average Bonchev–Trinajstić information content (AvgIpc) is 2.74. The standard InChI is InChI=1S/C23H20N2O2/c1-16-18-6-2-4-8-20(18)22(21-9-5-3-7-19(16)21)14-17(15-24)23(26)25-10-12-27-13-11-25/h2-9,14H,10-13H2,1H3/b17-14-. The van der Waals surface area contributed by atoms with Crippen molar-refractivity contribution in [2.75, 3.05) is 26.3 Å². The zero-order chi connectivity index (χ0) is 18.8. The molecule has 1 aliphatic heterocycles. The molecule has 1 fully saturated rings. The van der Waals surface area contributed by atoms with Crippen LogP contribution in [0, 0.1) is 18.3 Å². The van der Waals surface area contributed by atoms with E-state index in [9.17, 15) is 10.1 Å². The maximum absolute atomic E-state index is 12.9. The number of amides is 1. The number of hydrogen-bond acceptors (Lipinski definition) is 3. The number of aryl methyl sites for hydroxylation is 1. The van der Waals surface area contributed by atoms with Crippen LogP contribution in [-0.4, -0.2) is 37.1 Å². The van der Waals surface area contributed by atoms with Gasteiger partial charge in [0.2, 0.25) is 0 Å². The van der Waals surface area contributed by atoms with Gasteiger partial charge < -0.3 is 9.64 Å². The molecule has 0 bridgehead atoms. The molecule has 0 radical (unpaired) electrons. The van der Waals surface area contributed by atoms with Crippen LogP contribution in [0.5, 0.6) is 0 Å². The molecule has 1 aliphatic rings. The molecule has 4 heteroatoms. The summed E-state index contributed by atoms with van der Waals surface area (Å²) in [5.41, 5.74) is 2.29. The second-order valence-corrected chi connectivity index (χ2v) is 6.70. The van der Waals surface area contributed by atoms with Gasteiger partial charge in [-0.25, -0.2) is 0 Å². The summed E-state index contributed by atoms with van der Waals surface area (Å²) in [6, 6.07) is 18.4. The van der Waals surface area contributed by atoms with Crippen molar-refractivity contribution in [1.82, 2.24) is 4.90 Å². The Bertz CT molecular complexity index is 1050. The third-order valence-electron chi connectivity index (χ3n) is 5.18. The number of rotatable bonds is 2. The van der Waals surface area contributed by atoms with Crippen LogP contribution in [0.2, 0.25) is 0 Å². The Balaban J connectivity index is 1.93. The number of ether oxygens (including phenoxy) is 1. The molecular weight excluding hydrogens is 336 g/mol. The fourth-order valence-electron chi connectivity index (χ4n) is 3.76. The van der Waals surface area contributed by atoms with Gasteiger partial charge in [0.25, 0.3) is 5.91 Å². The van der Waals surface area contributed by atoms with Crippen molar-refractivity contribution in [3.63, 3.8) is 0 Å². The number of benzene rings is 3. The minimum atomic E-state index is -0.227. The van der Waals surface area contributed by atoms with E-state index in [-0.39, 0.29) is 11.5 Å². The van der Waals surface area contributed by atoms with Gasteiger partial charge in [-0.2, -0.15) is 5.26 Å². The number of nitrogens with zero attached hydrogens (tertiary/aromatic N) is 2. The predicted molar refractivity (Wildman–Crippen MR) is 107 cm³/mol. The van der Waals surface area contributed by atoms with Crippen LogP contribution in [-0.2, 0) is 9.53 Å². The summed E-state index contributed by atoms with van der Waals surface area (Å²) in [5.74, 6) is -0.227. The number of morpholine rings is 1. The van der Waals surface area contributed by atoms with Gasteiger partial charge in [0.1, 0.15) is 11.6 Å². The molecule has 3 aromatic carbocycles. The van der Waals surface area contributed by atoms with Gasteiger partial charge in [-0.15, -0.1) is 0 Å². The van der Waals surface area contributed by atoms with Gasteiger partial charge in [0.05, 0.1) is 13.2 Å². The number of nitriles is 1. The highest BCUT2D eigenvalue weighted by Crippen LogP contribution is 2.33. The smallest absolute Gasteiger partial charge is 0.264 e. The van der Waals surface area contributed by atoms with E-state index in [1.54, 1.807) is 11.0 Å². The highest BCUT2D eigenvalue weighted by molar-refractivity contribution is 6.12. The van der Waals surface area contributed by atoms with Crippen LogP contribution in [0.1, 0.15) is 11.1 Å². The second kappa shape index (κ2) is 7.22. The summed E-state index contributed by atoms with van der Waals surface area (Å²) in [7, 11) is 0. The number of fused-ring (bicyclic) bond motifs is 2. The monoisotopic (exact) mass is 356 g/mol. The minimum Gasteiger partial charge on any atom is -0.378 e. The maximum Gasteiger partial charge on any atom is 0.264 e. The molecule has 0 aromatic heterocycles.